The molecule has 2 heterocycles. The molecule has 4 heteroatoms. The highest BCUT2D eigenvalue weighted by Gasteiger charge is 2.51. The van der Waals surface area contributed by atoms with Gasteiger partial charge in [-0.25, -0.2) is 15.0 Å². The number of nitrogens with zero attached hydrogens (tertiary/aromatic N) is 4. The number of hydrogen-bond acceptors (Lipinski definition) is 4. The van der Waals surface area contributed by atoms with E-state index in [1.165, 1.54) is 44.5 Å². The van der Waals surface area contributed by atoms with Gasteiger partial charge in [0.2, 0.25) is 0 Å². The lowest BCUT2D eigenvalue weighted by Gasteiger charge is -2.30. The van der Waals surface area contributed by atoms with Crippen LogP contribution in [0.25, 0.3) is 67.5 Å². The van der Waals surface area contributed by atoms with Crippen molar-refractivity contribution >= 4 is 0 Å². The molecule has 0 atom stereocenters. The maximum Gasteiger partial charge on any atom is 0.164 e. The van der Waals surface area contributed by atoms with Crippen molar-refractivity contribution in [2.45, 2.75) is 19.3 Å². The van der Waals surface area contributed by atoms with Crippen LogP contribution in [0.4, 0.5) is 0 Å². The van der Waals surface area contributed by atoms with E-state index in [0.29, 0.717) is 17.5 Å². The van der Waals surface area contributed by atoms with E-state index in [1.807, 2.05) is 25.1 Å². The van der Waals surface area contributed by atoms with Crippen LogP contribution in [0.2, 0.25) is 0 Å². The van der Waals surface area contributed by atoms with E-state index in [9.17, 15) is 0 Å². The van der Waals surface area contributed by atoms with Crippen molar-refractivity contribution in [2.24, 2.45) is 0 Å². The normalized spacial score (nSPS) is 13.1. The van der Waals surface area contributed by atoms with Gasteiger partial charge in [0.15, 0.2) is 17.5 Å². The highest BCUT2D eigenvalue weighted by Crippen LogP contribution is 2.62. The molecule has 240 valence electrons. The molecule has 0 aliphatic heterocycles. The van der Waals surface area contributed by atoms with E-state index in [1.54, 1.807) is 0 Å². The lowest BCUT2D eigenvalue weighted by atomic mass is 9.70. The van der Waals surface area contributed by atoms with Crippen molar-refractivity contribution in [2.75, 3.05) is 0 Å². The Bertz CT molecular complexity index is 2610. The first-order valence-corrected chi connectivity index (χ1v) is 17.4. The van der Waals surface area contributed by atoms with Crippen molar-refractivity contribution in [1.29, 1.82) is 0 Å². The van der Waals surface area contributed by atoms with E-state index in [2.05, 4.69) is 151 Å². The number of rotatable bonds is 4. The van der Waals surface area contributed by atoms with Crippen molar-refractivity contribution in [1.82, 2.24) is 19.9 Å². The minimum absolute atomic E-state index is 0.385. The van der Waals surface area contributed by atoms with Crippen molar-refractivity contribution in [3.8, 4) is 67.5 Å². The number of aromatic nitrogens is 4. The number of hydrogen-bond donors (Lipinski definition) is 0. The molecular weight excluding hydrogens is 621 g/mol. The zero-order chi connectivity index (χ0) is 34.1. The second-order valence-electron chi connectivity index (χ2n) is 13.5. The molecule has 4 nitrogen and oxygen atoms in total. The summed E-state index contributed by atoms with van der Waals surface area (Å²) in [5.74, 6) is 1.93. The Balaban J connectivity index is 1.14. The first-order chi connectivity index (χ1) is 25.1. The molecule has 2 aliphatic rings. The van der Waals surface area contributed by atoms with Crippen LogP contribution in [0.1, 0.15) is 33.6 Å². The number of pyridine rings is 1. The molecule has 2 aromatic heterocycles. The zero-order valence-electron chi connectivity index (χ0n) is 28.3. The third-order valence-corrected chi connectivity index (χ3v) is 10.6. The Morgan fingerprint density at radius 3 is 1.37 bits per heavy atom. The van der Waals surface area contributed by atoms with Gasteiger partial charge >= 0.3 is 0 Å². The van der Waals surface area contributed by atoms with Crippen molar-refractivity contribution in [3.05, 3.63) is 191 Å². The number of benzene rings is 6. The Hall–Kier alpha value is -6.52. The zero-order valence-corrected chi connectivity index (χ0v) is 28.3. The summed E-state index contributed by atoms with van der Waals surface area (Å²) >= 11 is 0. The van der Waals surface area contributed by atoms with Crippen LogP contribution in [0.3, 0.4) is 0 Å². The summed E-state index contributed by atoms with van der Waals surface area (Å²) in [6, 6.07) is 56.3. The predicted molar refractivity (Wildman–Crippen MR) is 205 cm³/mol. The molecule has 0 fully saturated rings. The molecule has 0 N–H and O–H groups in total. The van der Waals surface area contributed by atoms with Crippen LogP contribution in [-0.2, 0) is 5.41 Å². The average molecular weight is 653 g/mol. The second kappa shape index (κ2) is 11.3. The maximum atomic E-state index is 5.14. The molecular formula is C47H32N4. The highest BCUT2D eigenvalue weighted by molar-refractivity contribution is 5.95. The molecule has 8 aromatic rings. The average Bonchev–Trinajstić information content (AvgIpc) is 3.65. The summed E-state index contributed by atoms with van der Waals surface area (Å²) in [6.45, 7) is 4.08. The third kappa shape index (κ3) is 4.39. The van der Waals surface area contributed by atoms with Crippen LogP contribution in [0, 0.1) is 13.8 Å². The van der Waals surface area contributed by atoms with Gasteiger partial charge < -0.3 is 0 Å². The predicted octanol–water partition coefficient (Wildman–Crippen LogP) is 10.9. The number of fused-ring (bicyclic) bond motifs is 10. The lowest BCUT2D eigenvalue weighted by Crippen LogP contribution is -2.25. The standard InChI is InChI=1S/C47H32N4/c1-29-20-26-35(30(2)48-29)31-21-23-33(24-22-31)45-49-44(32-12-4-3-5-13-32)50-46(51-45)34-25-27-43-39(28-34)38-16-8-11-19-42(38)47(43)40-17-9-6-14-36(40)37-15-7-10-18-41(37)47/h3-28H,1-2H3. The molecule has 51 heavy (non-hydrogen) atoms. The van der Waals surface area contributed by atoms with Gasteiger partial charge in [0.05, 0.1) is 5.41 Å². The minimum atomic E-state index is -0.385. The summed E-state index contributed by atoms with van der Waals surface area (Å²) in [7, 11) is 0. The molecule has 6 aromatic carbocycles. The van der Waals surface area contributed by atoms with Crippen LogP contribution in [0.5, 0.6) is 0 Å². The Morgan fingerprint density at radius 1 is 0.333 bits per heavy atom. The summed E-state index contributed by atoms with van der Waals surface area (Å²) in [5, 5.41) is 0. The molecule has 1 spiro atoms. The van der Waals surface area contributed by atoms with E-state index >= 15 is 0 Å². The van der Waals surface area contributed by atoms with Gasteiger partial charge in [-0.3, -0.25) is 4.98 Å². The van der Waals surface area contributed by atoms with Crippen LogP contribution >= 0.6 is 0 Å². The van der Waals surface area contributed by atoms with Crippen LogP contribution in [0.15, 0.2) is 158 Å². The Kier molecular flexibility index (Phi) is 6.49. The topological polar surface area (TPSA) is 51.6 Å². The summed E-state index contributed by atoms with van der Waals surface area (Å²) in [6.07, 6.45) is 0. The molecule has 0 saturated carbocycles. The lowest BCUT2D eigenvalue weighted by molar-refractivity contribution is 0.794. The Morgan fingerprint density at radius 2 is 0.784 bits per heavy atom. The SMILES string of the molecule is Cc1ccc(-c2ccc(-c3nc(-c4ccccc4)nc(-c4ccc5c(c4)-c4ccccc4C54c5ccccc5-c5ccccc54)n3)cc2)c(C)n1. The van der Waals surface area contributed by atoms with Crippen molar-refractivity contribution < 1.29 is 0 Å². The van der Waals surface area contributed by atoms with Crippen molar-refractivity contribution in [3.63, 3.8) is 0 Å². The fraction of sp³-hybridized carbons (Fsp3) is 0.0638. The molecule has 10 rings (SSSR count). The first kappa shape index (κ1) is 29.4. The van der Waals surface area contributed by atoms with E-state index in [4.69, 9.17) is 15.0 Å². The largest absolute Gasteiger partial charge is 0.258 e. The van der Waals surface area contributed by atoms with Gasteiger partial charge in [-0.2, -0.15) is 0 Å². The van der Waals surface area contributed by atoms with Gasteiger partial charge in [0, 0.05) is 33.6 Å². The number of aryl methyl sites for hydroxylation is 2. The summed E-state index contributed by atoms with van der Waals surface area (Å²) in [4.78, 5) is 19.9. The smallest absolute Gasteiger partial charge is 0.164 e. The molecule has 0 unspecified atom stereocenters. The fourth-order valence-electron chi connectivity index (χ4n) is 8.38. The maximum absolute atomic E-state index is 5.14. The molecule has 2 aliphatic carbocycles. The highest BCUT2D eigenvalue weighted by atomic mass is 15.0. The Labute approximate surface area is 297 Å². The van der Waals surface area contributed by atoms with Gasteiger partial charge in [0.25, 0.3) is 0 Å². The van der Waals surface area contributed by atoms with Gasteiger partial charge in [-0.1, -0.05) is 146 Å². The van der Waals surface area contributed by atoms with E-state index in [-0.39, 0.29) is 5.41 Å². The summed E-state index contributed by atoms with van der Waals surface area (Å²) in [5.41, 5.74) is 17.0. The minimum Gasteiger partial charge on any atom is -0.258 e. The fourth-order valence-corrected chi connectivity index (χ4v) is 8.38. The third-order valence-electron chi connectivity index (χ3n) is 10.6. The molecule has 0 amide bonds. The quantitative estimate of drug-likeness (QED) is 0.190. The van der Waals surface area contributed by atoms with Gasteiger partial charge in [0.1, 0.15) is 0 Å². The second-order valence-corrected chi connectivity index (χ2v) is 13.5. The molecule has 0 radical (unpaired) electrons. The molecule has 0 bridgehead atoms. The monoisotopic (exact) mass is 652 g/mol. The van der Waals surface area contributed by atoms with E-state index in [0.717, 1.165) is 39.2 Å². The van der Waals surface area contributed by atoms with Gasteiger partial charge in [-0.05, 0) is 76.1 Å². The van der Waals surface area contributed by atoms with Crippen LogP contribution < -0.4 is 0 Å². The van der Waals surface area contributed by atoms with Crippen LogP contribution in [-0.4, -0.2) is 19.9 Å². The van der Waals surface area contributed by atoms with Gasteiger partial charge in [-0.15, -0.1) is 0 Å². The molecule has 0 saturated heterocycles. The first-order valence-electron chi connectivity index (χ1n) is 17.4. The summed E-state index contributed by atoms with van der Waals surface area (Å²) < 4.78 is 0. The van der Waals surface area contributed by atoms with E-state index < -0.39 is 0 Å².